The topological polar surface area (TPSA) is 6.48 Å². The third-order valence-electron chi connectivity index (χ3n) is 9.57. The summed E-state index contributed by atoms with van der Waals surface area (Å²) < 4.78 is 0. The summed E-state index contributed by atoms with van der Waals surface area (Å²) in [6.07, 6.45) is 49.9. The summed E-state index contributed by atoms with van der Waals surface area (Å²) in [4.78, 5) is 5.41. The van der Waals surface area contributed by atoms with E-state index >= 15 is 0 Å². The van der Waals surface area contributed by atoms with Crippen LogP contribution in [-0.4, -0.2) is 29.1 Å². The molecule has 1 aliphatic heterocycles. The van der Waals surface area contributed by atoms with Crippen LogP contribution >= 0.6 is 0 Å². The van der Waals surface area contributed by atoms with E-state index in [4.69, 9.17) is 0 Å². The van der Waals surface area contributed by atoms with Crippen molar-refractivity contribution in [1.29, 1.82) is 0 Å². The van der Waals surface area contributed by atoms with Gasteiger partial charge in [-0.3, -0.25) is 0 Å². The minimum atomic E-state index is 0.641. The van der Waals surface area contributed by atoms with E-state index in [1.165, 1.54) is 212 Å². The Kier molecular flexibility index (Phi) is 28.8. The molecule has 2 nitrogen and oxygen atoms in total. The molecule has 0 radical (unpaired) electrons. The quantitative estimate of drug-likeness (QED) is 0.0719. The van der Waals surface area contributed by atoms with E-state index in [9.17, 15) is 0 Å². The summed E-state index contributed by atoms with van der Waals surface area (Å²) in [6.45, 7) is 9.48. The highest BCUT2D eigenvalue weighted by Crippen LogP contribution is 2.24. The molecule has 0 aromatic rings. The number of nitrogens with zero attached hydrogens (tertiary/aromatic N) is 2. The fourth-order valence-electron chi connectivity index (χ4n) is 6.72. The van der Waals surface area contributed by atoms with Crippen molar-refractivity contribution in [2.45, 2.75) is 226 Å². The lowest BCUT2D eigenvalue weighted by Crippen LogP contribution is -2.39. The van der Waals surface area contributed by atoms with Gasteiger partial charge < -0.3 is 9.80 Å². The van der Waals surface area contributed by atoms with Gasteiger partial charge >= 0.3 is 0 Å². The van der Waals surface area contributed by atoms with Gasteiger partial charge in [-0.25, -0.2) is 0 Å². The van der Waals surface area contributed by atoms with E-state index in [0.717, 1.165) is 0 Å². The molecule has 0 amide bonds. The van der Waals surface area contributed by atoms with Crippen LogP contribution in [0, 0.1) is 0 Å². The lowest BCUT2D eigenvalue weighted by atomic mass is 10.0. The molecule has 1 unspecified atom stereocenters. The van der Waals surface area contributed by atoms with Crippen molar-refractivity contribution in [3.05, 3.63) is 12.4 Å². The Bertz CT molecular complexity index is 530. The van der Waals surface area contributed by atoms with Crippen LogP contribution in [0.15, 0.2) is 12.4 Å². The largest absolute Gasteiger partial charge is 0.356 e. The fourth-order valence-corrected chi connectivity index (χ4v) is 6.72. The highest BCUT2D eigenvalue weighted by molar-refractivity contribution is 4.97. The molecule has 0 aromatic carbocycles. The lowest BCUT2D eigenvalue weighted by molar-refractivity contribution is 0.135. The predicted molar refractivity (Wildman–Crippen MR) is 186 cm³/mol. The molecule has 1 rings (SSSR count). The molecular formula is C39H78N2. The smallest absolute Gasteiger partial charge is 0.101 e. The first-order valence-electron chi connectivity index (χ1n) is 19.5. The molecule has 0 bridgehead atoms. The fraction of sp³-hybridized carbons (Fsp3) is 0.949. The lowest BCUT2D eigenvalue weighted by Gasteiger charge is -2.33. The van der Waals surface area contributed by atoms with Crippen molar-refractivity contribution in [2.75, 3.05) is 13.1 Å². The Balaban J connectivity index is 2.12. The van der Waals surface area contributed by atoms with E-state index in [1.807, 2.05) is 0 Å². The van der Waals surface area contributed by atoms with Gasteiger partial charge in [-0.2, -0.15) is 0 Å². The molecule has 0 aliphatic carbocycles. The van der Waals surface area contributed by atoms with Crippen molar-refractivity contribution >= 4 is 0 Å². The van der Waals surface area contributed by atoms with Crippen LogP contribution in [0.1, 0.15) is 220 Å². The van der Waals surface area contributed by atoms with Crippen molar-refractivity contribution in [3.63, 3.8) is 0 Å². The Morgan fingerprint density at radius 1 is 0.317 bits per heavy atom. The van der Waals surface area contributed by atoms with Crippen LogP contribution in [0.4, 0.5) is 0 Å². The average molecular weight is 575 g/mol. The van der Waals surface area contributed by atoms with Gasteiger partial charge in [0.1, 0.15) is 6.17 Å². The van der Waals surface area contributed by atoms with Gasteiger partial charge in [-0.05, 0) is 25.7 Å². The van der Waals surface area contributed by atoms with E-state index < -0.39 is 0 Å². The summed E-state index contributed by atoms with van der Waals surface area (Å²) in [6, 6.07) is 0. The summed E-state index contributed by atoms with van der Waals surface area (Å²) >= 11 is 0. The molecule has 0 fully saturated rings. The van der Waals surface area contributed by atoms with Crippen LogP contribution in [0.5, 0.6) is 0 Å². The molecule has 41 heavy (non-hydrogen) atoms. The van der Waals surface area contributed by atoms with Crippen LogP contribution < -0.4 is 0 Å². The zero-order valence-electron chi connectivity index (χ0n) is 29.0. The summed E-state index contributed by atoms with van der Waals surface area (Å²) in [7, 11) is 0. The van der Waals surface area contributed by atoms with Gasteiger partial charge in [0.2, 0.25) is 0 Å². The molecule has 0 spiro atoms. The van der Waals surface area contributed by atoms with E-state index in [-0.39, 0.29) is 0 Å². The zero-order valence-corrected chi connectivity index (χ0v) is 29.0. The van der Waals surface area contributed by atoms with Crippen molar-refractivity contribution in [3.8, 4) is 0 Å². The second-order valence-corrected chi connectivity index (χ2v) is 13.6. The number of hydrogen-bond donors (Lipinski definition) is 0. The van der Waals surface area contributed by atoms with Crippen LogP contribution in [0.25, 0.3) is 0 Å². The minimum Gasteiger partial charge on any atom is -0.356 e. The van der Waals surface area contributed by atoms with Gasteiger partial charge in [0.05, 0.1) is 0 Å². The Labute approximate surface area is 260 Å². The first-order valence-corrected chi connectivity index (χ1v) is 19.5. The van der Waals surface area contributed by atoms with Crippen molar-refractivity contribution in [2.24, 2.45) is 0 Å². The Morgan fingerprint density at radius 3 is 0.854 bits per heavy atom. The molecule has 0 aromatic heterocycles. The molecule has 1 heterocycles. The maximum Gasteiger partial charge on any atom is 0.101 e. The Morgan fingerprint density at radius 2 is 0.561 bits per heavy atom. The summed E-state index contributed by atoms with van der Waals surface area (Å²) in [5.41, 5.74) is 0. The van der Waals surface area contributed by atoms with E-state index in [2.05, 4.69) is 43.0 Å². The van der Waals surface area contributed by atoms with Crippen LogP contribution in [0.3, 0.4) is 0 Å². The maximum absolute atomic E-state index is 2.71. The van der Waals surface area contributed by atoms with Gasteiger partial charge in [0.15, 0.2) is 0 Å². The minimum absolute atomic E-state index is 0.641. The molecule has 0 N–H and O–H groups in total. The normalized spacial score (nSPS) is 15.0. The Hall–Kier alpha value is -0.660. The second kappa shape index (κ2) is 30.8. The highest BCUT2D eigenvalue weighted by Gasteiger charge is 2.24. The number of unbranched alkanes of at least 4 members (excludes halogenated alkanes) is 27. The zero-order chi connectivity index (χ0) is 29.5. The SMILES string of the molecule is CCCCCCCCCCCCCCCCCN1C=CN(CCCCCCCCCCCC)C1CCCCCCC. The molecular weight excluding hydrogens is 496 g/mol. The monoisotopic (exact) mass is 575 g/mol. The molecule has 1 aliphatic rings. The second-order valence-electron chi connectivity index (χ2n) is 13.6. The standard InChI is InChI=1S/C39H78N2/c1-4-7-10-13-15-17-19-20-21-22-23-25-27-30-33-36-41-38-37-40(39(41)34-31-28-12-9-6-3)35-32-29-26-24-18-16-14-11-8-5-2/h37-39H,4-36H2,1-3H3. The third-order valence-corrected chi connectivity index (χ3v) is 9.57. The predicted octanol–water partition coefficient (Wildman–Crippen LogP) is 13.6. The van der Waals surface area contributed by atoms with E-state index in [0.29, 0.717) is 6.17 Å². The number of hydrogen-bond acceptors (Lipinski definition) is 2. The molecule has 2 heteroatoms. The molecule has 1 atom stereocenters. The first-order chi connectivity index (χ1) is 20.3. The third kappa shape index (κ3) is 23.5. The van der Waals surface area contributed by atoms with Crippen LogP contribution in [-0.2, 0) is 0 Å². The maximum atomic E-state index is 2.71. The van der Waals surface area contributed by atoms with Gasteiger partial charge in [-0.1, -0.05) is 194 Å². The van der Waals surface area contributed by atoms with Crippen molar-refractivity contribution in [1.82, 2.24) is 9.80 Å². The van der Waals surface area contributed by atoms with E-state index in [1.54, 1.807) is 0 Å². The average Bonchev–Trinajstić information content (AvgIpc) is 3.37. The number of rotatable bonds is 33. The summed E-state index contributed by atoms with van der Waals surface area (Å²) in [5, 5.41) is 0. The molecule has 244 valence electrons. The van der Waals surface area contributed by atoms with Gasteiger partial charge in [0, 0.05) is 25.5 Å². The molecule has 0 saturated heterocycles. The van der Waals surface area contributed by atoms with Gasteiger partial charge in [-0.15, -0.1) is 0 Å². The van der Waals surface area contributed by atoms with Crippen molar-refractivity contribution < 1.29 is 0 Å². The van der Waals surface area contributed by atoms with Crippen LogP contribution in [0.2, 0.25) is 0 Å². The van der Waals surface area contributed by atoms with Gasteiger partial charge in [0.25, 0.3) is 0 Å². The molecule has 0 saturated carbocycles. The summed E-state index contributed by atoms with van der Waals surface area (Å²) in [5.74, 6) is 0. The highest BCUT2D eigenvalue weighted by atomic mass is 15.4. The first kappa shape index (κ1) is 38.4.